The number of nitrogens with zero attached hydrogens (tertiary/aromatic N) is 1. The molecule has 2 atom stereocenters. The highest BCUT2D eigenvalue weighted by atomic mass is 35.5. The van der Waals surface area contributed by atoms with Crippen LogP contribution < -0.4 is 5.32 Å². The van der Waals surface area contributed by atoms with Crippen LogP contribution in [-0.4, -0.2) is 36.2 Å². The van der Waals surface area contributed by atoms with Crippen molar-refractivity contribution in [3.63, 3.8) is 0 Å². The van der Waals surface area contributed by atoms with Crippen molar-refractivity contribution in [2.45, 2.75) is 26.1 Å². The Bertz CT molecular complexity index is 451. The molecule has 1 heterocycles. The molecule has 0 aromatic heterocycles. The molecule has 1 aromatic rings. The third-order valence-corrected chi connectivity index (χ3v) is 3.26. The average molecular weight is 303 g/mol. The highest BCUT2D eigenvalue weighted by Gasteiger charge is 2.25. The van der Waals surface area contributed by atoms with Crippen molar-refractivity contribution in [2.24, 2.45) is 0 Å². The van der Waals surface area contributed by atoms with E-state index in [0.29, 0.717) is 28.8 Å². The monoisotopic (exact) mass is 302 g/mol. The van der Waals surface area contributed by atoms with Crippen molar-refractivity contribution in [3.8, 4) is 0 Å². The van der Waals surface area contributed by atoms with Crippen LogP contribution in [0.5, 0.6) is 0 Å². The van der Waals surface area contributed by atoms with Crippen molar-refractivity contribution in [2.75, 3.05) is 18.4 Å². The summed E-state index contributed by atoms with van der Waals surface area (Å²) in [5.74, 6) is 0. The summed E-state index contributed by atoms with van der Waals surface area (Å²) in [5, 5.41) is 3.78. The lowest BCUT2D eigenvalue weighted by atomic mass is 10.2. The Morgan fingerprint density at radius 3 is 2.26 bits per heavy atom. The van der Waals surface area contributed by atoms with Crippen molar-refractivity contribution >= 4 is 34.9 Å². The molecule has 0 unspecified atom stereocenters. The number of halogens is 2. The first kappa shape index (κ1) is 14.4. The summed E-state index contributed by atoms with van der Waals surface area (Å²) in [4.78, 5) is 13.9. The van der Waals surface area contributed by atoms with Crippen LogP contribution in [-0.2, 0) is 4.74 Å². The Labute approximate surface area is 122 Å². The van der Waals surface area contributed by atoms with E-state index in [-0.39, 0.29) is 18.2 Å². The number of carbonyl (C=O) groups excluding carboxylic acids is 1. The number of rotatable bonds is 1. The fourth-order valence-corrected chi connectivity index (χ4v) is 2.70. The third-order valence-electron chi connectivity index (χ3n) is 2.82. The van der Waals surface area contributed by atoms with Gasteiger partial charge in [-0.15, -0.1) is 0 Å². The number of carbonyl (C=O) groups is 1. The van der Waals surface area contributed by atoms with Crippen LogP contribution in [0.1, 0.15) is 13.8 Å². The molecule has 1 aliphatic heterocycles. The molecule has 2 rings (SSSR count). The maximum absolute atomic E-state index is 12.2. The van der Waals surface area contributed by atoms with Crippen molar-refractivity contribution < 1.29 is 9.53 Å². The van der Waals surface area contributed by atoms with Crippen LogP contribution >= 0.6 is 23.2 Å². The topological polar surface area (TPSA) is 41.6 Å². The number of hydrogen-bond acceptors (Lipinski definition) is 2. The first-order valence-corrected chi connectivity index (χ1v) is 6.87. The standard InChI is InChI=1S/C13H16Cl2N2O2/c1-8-6-17(7-9(2)19-8)13(18)16-12-4-10(14)3-11(15)5-12/h3-5,8-9H,6-7H2,1-2H3,(H,16,18)/t8-,9-/m1/s1. The Morgan fingerprint density at radius 2 is 1.74 bits per heavy atom. The largest absolute Gasteiger partial charge is 0.372 e. The average Bonchev–Trinajstić information content (AvgIpc) is 2.25. The Hall–Kier alpha value is -0.970. The smallest absolute Gasteiger partial charge is 0.322 e. The summed E-state index contributed by atoms with van der Waals surface area (Å²) in [6.07, 6.45) is 0.0786. The minimum Gasteiger partial charge on any atom is -0.372 e. The van der Waals surface area contributed by atoms with Gasteiger partial charge in [0, 0.05) is 28.8 Å². The van der Waals surface area contributed by atoms with Gasteiger partial charge in [-0.1, -0.05) is 23.2 Å². The molecule has 4 nitrogen and oxygen atoms in total. The van der Waals surface area contributed by atoms with E-state index in [2.05, 4.69) is 5.32 Å². The Kier molecular flexibility index (Phi) is 4.55. The van der Waals surface area contributed by atoms with Gasteiger partial charge in [0.25, 0.3) is 0 Å². The minimum atomic E-state index is -0.166. The lowest BCUT2D eigenvalue weighted by Crippen LogP contribution is -2.49. The molecule has 2 amide bonds. The van der Waals surface area contributed by atoms with Gasteiger partial charge in [-0.2, -0.15) is 0 Å². The molecule has 1 aromatic carbocycles. The quantitative estimate of drug-likeness (QED) is 0.860. The molecule has 104 valence electrons. The first-order chi connectivity index (χ1) is 8.94. The number of benzene rings is 1. The zero-order chi connectivity index (χ0) is 14.0. The van der Waals surface area contributed by atoms with Crippen molar-refractivity contribution in [1.82, 2.24) is 4.90 Å². The molecular formula is C13H16Cl2N2O2. The van der Waals surface area contributed by atoms with Gasteiger partial charge in [0.05, 0.1) is 12.2 Å². The maximum atomic E-state index is 12.2. The minimum absolute atomic E-state index is 0.0393. The van der Waals surface area contributed by atoms with Crippen molar-refractivity contribution in [1.29, 1.82) is 0 Å². The van der Waals surface area contributed by atoms with Gasteiger partial charge in [-0.3, -0.25) is 0 Å². The highest BCUT2D eigenvalue weighted by molar-refractivity contribution is 6.35. The second kappa shape index (κ2) is 5.99. The summed E-state index contributed by atoms with van der Waals surface area (Å²) in [7, 11) is 0. The molecular weight excluding hydrogens is 287 g/mol. The number of urea groups is 1. The molecule has 6 heteroatoms. The van der Waals surface area contributed by atoms with E-state index in [4.69, 9.17) is 27.9 Å². The number of anilines is 1. The van der Waals surface area contributed by atoms with Crippen LogP contribution in [0.15, 0.2) is 18.2 Å². The first-order valence-electron chi connectivity index (χ1n) is 6.11. The van der Waals surface area contributed by atoms with Gasteiger partial charge in [0.2, 0.25) is 0 Å². The number of ether oxygens (including phenoxy) is 1. The van der Waals surface area contributed by atoms with Gasteiger partial charge < -0.3 is 15.0 Å². The SMILES string of the molecule is C[C@@H]1CN(C(=O)Nc2cc(Cl)cc(Cl)c2)C[C@@H](C)O1. The van der Waals surface area contributed by atoms with Crippen LogP contribution in [0.2, 0.25) is 10.0 Å². The summed E-state index contributed by atoms with van der Waals surface area (Å²) < 4.78 is 5.59. The van der Waals surface area contributed by atoms with Crippen LogP contribution in [0, 0.1) is 0 Å². The van der Waals surface area contributed by atoms with E-state index in [9.17, 15) is 4.79 Å². The van der Waals surface area contributed by atoms with Crippen LogP contribution in [0.3, 0.4) is 0 Å². The fourth-order valence-electron chi connectivity index (χ4n) is 2.17. The molecule has 1 saturated heterocycles. The predicted octanol–water partition coefficient (Wildman–Crippen LogP) is 3.63. The third kappa shape index (κ3) is 4.00. The predicted molar refractivity (Wildman–Crippen MR) is 77.1 cm³/mol. The fraction of sp³-hybridized carbons (Fsp3) is 0.462. The second-order valence-corrected chi connectivity index (χ2v) is 5.62. The van der Waals surface area contributed by atoms with E-state index in [1.165, 1.54) is 0 Å². The van der Waals surface area contributed by atoms with Crippen LogP contribution in [0.25, 0.3) is 0 Å². The zero-order valence-corrected chi connectivity index (χ0v) is 12.3. The molecule has 0 saturated carbocycles. The van der Waals surface area contributed by atoms with E-state index < -0.39 is 0 Å². The van der Waals surface area contributed by atoms with Gasteiger partial charge >= 0.3 is 6.03 Å². The second-order valence-electron chi connectivity index (χ2n) is 4.75. The summed E-state index contributed by atoms with van der Waals surface area (Å²) >= 11 is 11.8. The molecule has 1 aliphatic rings. The van der Waals surface area contributed by atoms with Gasteiger partial charge in [-0.25, -0.2) is 4.79 Å². The zero-order valence-electron chi connectivity index (χ0n) is 10.8. The Morgan fingerprint density at radius 1 is 1.21 bits per heavy atom. The van der Waals surface area contributed by atoms with Gasteiger partial charge in [0.15, 0.2) is 0 Å². The maximum Gasteiger partial charge on any atom is 0.322 e. The molecule has 0 spiro atoms. The highest BCUT2D eigenvalue weighted by Crippen LogP contribution is 2.23. The lowest BCUT2D eigenvalue weighted by molar-refractivity contribution is -0.0530. The number of amides is 2. The van der Waals surface area contributed by atoms with E-state index in [1.54, 1.807) is 23.1 Å². The molecule has 1 N–H and O–H groups in total. The summed E-state index contributed by atoms with van der Waals surface area (Å²) in [6.45, 7) is 5.05. The molecule has 0 bridgehead atoms. The van der Waals surface area contributed by atoms with Gasteiger partial charge in [-0.05, 0) is 32.0 Å². The van der Waals surface area contributed by atoms with Crippen LogP contribution in [0.4, 0.5) is 10.5 Å². The van der Waals surface area contributed by atoms with Crippen molar-refractivity contribution in [3.05, 3.63) is 28.2 Å². The Balaban J connectivity index is 2.04. The molecule has 0 aliphatic carbocycles. The lowest BCUT2D eigenvalue weighted by Gasteiger charge is -2.35. The molecule has 0 radical (unpaired) electrons. The number of hydrogen-bond donors (Lipinski definition) is 1. The van der Waals surface area contributed by atoms with Gasteiger partial charge in [0.1, 0.15) is 0 Å². The number of nitrogens with one attached hydrogen (secondary N) is 1. The van der Waals surface area contributed by atoms with E-state index >= 15 is 0 Å². The summed E-state index contributed by atoms with van der Waals surface area (Å²) in [6, 6.07) is 4.79. The molecule has 1 fully saturated rings. The summed E-state index contributed by atoms with van der Waals surface area (Å²) in [5.41, 5.74) is 0.592. The van der Waals surface area contributed by atoms with E-state index in [0.717, 1.165) is 0 Å². The molecule has 19 heavy (non-hydrogen) atoms. The van der Waals surface area contributed by atoms with E-state index in [1.807, 2.05) is 13.8 Å². The normalized spacial score (nSPS) is 23.3. The number of morpholine rings is 1.